The van der Waals surface area contributed by atoms with Crippen LogP contribution in [0, 0.1) is 5.92 Å². The molecule has 0 radical (unpaired) electrons. The molecule has 1 aromatic carbocycles. The smallest absolute Gasteiger partial charge is 0.147 e. The lowest BCUT2D eigenvalue weighted by Gasteiger charge is -2.32. The van der Waals surface area contributed by atoms with Gasteiger partial charge in [0.2, 0.25) is 0 Å². The van der Waals surface area contributed by atoms with E-state index in [0.29, 0.717) is 5.92 Å². The first-order chi connectivity index (χ1) is 8.86. The van der Waals surface area contributed by atoms with Gasteiger partial charge in [-0.3, -0.25) is 4.98 Å². The molecule has 1 fully saturated rings. The summed E-state index contributed by atoms with van der Waals surface area (Å²) in [4.78, 5) is 11.5. The minimum absolute atomic E-state index is 0.590. The average molecular weight is 242 g/mol. The van der Waals surface area contributed by atoms with Gasteiger partial charge in [-0.2, -0.15) is 0 Å². The molecule has 2 N–H and O–H groups in total. The zero-order valence-electron chi connectivity index (χ0n) is 10.4. The second-order valence-corrected chi connectivity index (χ2v) is 4.91. The third-order valence-electron chi connectivity index (χ3n) is 3.61. The Kier molecular flexibility index (Phi) is 3.11. The molecule has 0 spiro atoms. The summed E-state index contributed by atoms with van der Waals surface area (Å²) >= 11 is 0. The normalized spacial score (nSPS) is 20.3. The van der Waals surface area contributed by atoms with Crippen LogP contribution in [0.1, 0.15) is 12.8 Å². The van der Waals surface area contributed by atoms with Crippen LogP contribution in [0.15, 0.2) is 30.5 Å². The number of piperidine rings is 1. The van der Waals surface area contributed by atoms with E-state index in [-0.39, 0.29) is 0 Å². The minimum Gasteiger partial charge on any atom is -0.355 e. The average Bonchev–Trinajstić information content (AvgIpc) is 2.47. The van der Waals surface area contributed by atoms with Crippen LogP contribution in [0.3, 0.4) is 0 Å². The molecular formula is C14H18N4. The number of fused-ring (bicyclic) bond motifs is 1. The van der Waals surface area contributed by atoms with E-state index < -0.39 is 0 Å². The van der Waals surface area contributed by atoms with Gasteiger partial charge < -0.3 is 10.6 Å². The first kappa shape index (κ1) is 11.4. The van der Waals surface area contributed by atoms with Crippen molar-refractivity contribution in [3.63, 3.8) is 0 Å². The number of aromatic nitrogens is 2. The molecule has 18 heavy (non-hydrogen) atoms. The van der Waals surface area contributed by atoms with Crippen molar-refractivity contribution in [1.82, 2.24) is 9.97 Å². The highest BCUT2D eigenvalue weighted by Crippen LogP contribution is 2.22. The Labute approximate surface area is 107 Å². The van der Waals surface area contributed by atoms with E-state index in [9.17, 15) is 0 Å². The summed E-state index contributed by atoms with van der Waals surface area (Å²) in [6.45, 7) is 2.82. The van der Waals surface area contributed by atoms with E-state index in [0.717, 1.165) is 36.5 Å². The molecule has 4 nitrogen and oxygen atoms in total. The molecule has 1 saturated heterocycles. The van der Waals surface area contributed by atoms with Crippen LogP contribution in [0.5, 0.6) is 0 Å². The lowest BCUT2D eigenvalue weighted by Crippen LogP contribution is -2.38. The van der Waals surface area contributed by atoms with Crippen molar-refractivity contribution >= 4 is 16.9 Å². The maximum Gasteiger partial charge on any atom is 0.147 e. The number of benzene rings is 1. The highest BCUT2D eigenvalue weighted by molar-refractivity contribution is 5.75. The van der Waals surface area contributed by atoms with E-state index >= 15 is 0 Å². The van der Waals surface area contributed by atoms with Crippen molar-refractivity contribution in [3.8, 4) is 0 Å². The molecule has 2 aromatic rings. The van der Waals surface area contributed by atoms with Gasteiger partial charge in [-0.1, -0.05) is 12.1 Å². The maximum absolute atomic E-state index is 5.77. The maximum atomic E-state index is 5.77. The highest BCUT2D eigenvalue weighted by Gasteiger charge is 2.20. The summed E-state index contributed by atoms with van der Waals surface area (Å²) in [6, 6.07) is 7.99. The summed E-state index contributed by atoms with van der Waals surface area (Å²) in [5, 5.41) is 0. The summed E-state index contributed by atoms with van der Waals surface area (Å²) < 4.78 is 0. The van der Waals surface area contributed by atoms with E-state index in [4.69, 9.17) is 10.7 Å². The number of rotatable bonds is 2. The Hall–Kier alpha value is -1.68. The van der Waals surface area contributed by atoms with Crippen LogP contribution in [0.4, 0.5) is 5.82 Å². The van der Waals surface area contributed by atoms with Crippen molar-refractivity contribution in [2.75, 3.05) is 24.5 Å². The first-order valence-electron chi connectivity index (χ1n) is 6.53. The number of nitrogens with two attached hydrogens (primary N) is 1. The number of nitrogens with zero attached hydrogens (tertiary/aromatic N) is 3. The molecule has 2 heterocycles. The molecule has 0 saturated carbocycles. The van der Waals surface area contributed by atoms with Crippen molar-refractivity contribution in [2.24, 2.45) is 11.7 Å². The van der Waals surface area contributed by atoms with Crippen LogP contribution in [-0.4, -0.2) is 29.6 Å². The predicted octanol–water partition coefficient (Wildman–Crippen LogP) is 1.80. The molecule has 4 heteroatoms. The van der Waals surface area contributed by atoms with Crippen LogP contribution < -0.4 is 10.6 Å². The zero-order chi connectivity index (χ0) is 12.4. The van der Waals surface area contributed by atoms with Crippen molar-refractivity contribution in [3.05, 3.63) is 30.5 Å². The number of hydrogen-bond acceptors (Lipinski definition) is 4. The van der Waals surface area contributed by atoms with Crippen molar-refractivity contribution in [1.29, 1.82) is 0 Å². The monoisotopic (exact) mass is 242 g/mol. The van der Waals surface area contributed by atoms with Gasteiger partial charge in [-0.05, 0) is 37.4 Å². The largest absolute Gasteiger partial charge is 0.355 e. The molecular weight excluding hydrogens is 224 g/mol. The number of para-hydroxylation sites is 2. The fourth-order valence-electron chi connectivity index (χ4n) is 2.57. The second kappa shape index (κ2) is 4.90. The molecule has 0 bridgehead atoms. The summed E-state index contributed by atoms with van der Waals surface area (Å²) in [6.07, 6.45) is 4.30. The molecule has 1 atom stereocenters. The number of hydrogen-bond donors (Lipinski definition) is 1. The first-order valence-corrected chi connectivity index (χ1v) is 6.53. The van der Waals surface area contributed by atoms with Crippen molar-refractivity contribution < 1.29 is 0 Å². The molecule has 1 aliphatic heterocycles. The molecule has 3 rings (SSSR count). The molecule has 0 unspecified atom stereocenters. The predicted molar refractivity (Wildman–Crippen MR) is 73.5 cm³/mol. The van der Waals surface area contributed by atoms with Gasteiger partial charge in [0.1, 0.15) is 5.82 Å². The Morgan fingerprint density at radius 2 is 2.11 bits per heavy atom. The third-order valence-corrected chi connectivity index (χ3v) is 3.61. The standard InChI is InChI=1S/C14H18N4/c15-8-11-4-3-7-18(10-11)14-9-16-12-5-1-2-6-13(12)17-14/h1-2,5-6,9,11H,3-4,7-8,10,15H2/t11-/m0/s1. The third kappa shape index (κ3) is 2.16. The highest BCUT2D eigenvalue weighted by atomic mass is 15.2. The van der Waals surface area contributed by atoms with Gasteiger partial charge in [0.25, 0.3) is 0 Å². The van der Waals surface area contributed by atoms with E-state index in [1.807, 2.05) is 30.5 Å². The van der Waals surface area contributed by atoms with E-state index in [2.05, 4.69) is 9.88 Å². The van der Waals surface area contributed by atoms with Crippen LogP contribution in [-0.2, 0) is 0 Å². The van der Waals surface area contributed by atoms with Crippen LogP contribution in [0.25, 0.3) is 11.0 Å². The van der Waals surface area contributed by atoms with E-state index in [1.165, 1.54) is 12.8 Å². The van der Waals surface area contributed by atoms with Crippen LogP contribution >= 0.6 is 0 Å². The summed E-state index contributed by atoms with van der Waals surface area (Å²) in [5.41, 5.74) is 7.69. The quantitative estimate of drug-likeness (QED) is 0.872. The lowest BCUT2D eigenvalue weighted by atomic mass is 9.98. The Balaban J connectivity index is 1.89. The zero-order valence-corrected chi connectivity index (χ0v) is 10.4. The molecule has 0 aliphatic carbocycles. The second-order valence-electron chi connectivity index (χ2n) is 4.91. The van der Waals surface area contributed by atoms with Crippen molar-refractivity contribution in [2.45, 2.75) is 12.8 Å². The topological polar surface area (TPSA) is 55.0 Å². The van der Waals surface area contributed by atoms with Gasteiger partial charge in [0.15, 0.2) is 0 Å². The molecule has 1 aromatic heterocycles. The molecule has 0 amide bonds. The van der Waals surface area contributed by atoms with Gasteiger partial charge in [0, 0.05) is 13.1 Å². The molecule has 94 valence electrons. The summed E-state index contributed by atoms with van der Waals surface area (Å²) in [7, 11) is 0. The van der Waals surface area contributed by atoms with Gasteiger partial charge in [-0.25, -0.2) is 4.98 Å². The van der Waals surface area contributed by atoms with E-state index in [1.54, 1.807) is 0 Å². The lowest BCUT2D eigenvalue weighted by molar-refractivity contribution is 0.421. The van der Waals surface area contributed by atoms with Crippen LogP contribution in [0.2, 0.25) is 0 Å². The fraction of sp³-hybridized carbons (Fsp3) is 0.429. The minimum atomic E-state index is 0.590. The Morgan fingerprint density at radius 3 is 2.94 bits per heavy atom. The van der Waals surface area contributed by atoms with Gasteiger partial charge in [-0.15, -0.1) is 0 Å². The Morgan fingerprint density at radius 1 is 1.28 bits per heavy atom. The SMILES string of the molecule is NC[C@@H]1CCCN(c2cnc3ccccc3n2)C1. The summed E-state index contributed by atoms with van der Waals surface area (Å²) in [5.74, 6) is 1.57. The van der Waals surface area contributed by atoms with Gasteiger partial charge in [0.05, 0.1) is 17.2 Å². The number of anilines is 1. The molecule has 1 aliphatic rings. The fourth-order valence-corrected chi connectivity index (χ4v) is 2.57. The van der Waals surface area contributed by atoms with Gasteiger partial charge >= 0.3 is 0 Å². The Bertz CT molecular complexity index is 540.